The average molecular weight is 1120 g/mol. The predicted molar refractivity (Wildman–Crippen MR) is 270 cm³/mol. The van der Waals surface area contributed by atoms with Crippen molar-refractivity contribution in [3.63, 3.8) is 0 Å². The Labute approximate surface area is 440 Å². The van der Waals surface area contributed by atoms with Gasteiger partial charge in [0.25, 0.3) is 0 Å². The van der Waals surface area contributed by atoms with Crippen molar-refractivity contribution < 1.29 is 114 Å². The number of rotatable bonds is 58. The molecule has 27 heteroatoms. The summed E-state index contributed by atoms with van der Waals surface area (Å²) in [5, 5.41) is 44.2. The molecule has 5 N–H and O–H groups in total. The molecule has 0 saturated carbocycles. The van der Waals surface area contributed by atoms with Gasteiger partial charge in [0.15, 0.2) is 0 Å². The Morgan fingerprint density at radius 3 is 0.658 bits per heavy atom. The van der Waals surface area contributed by atoms with Gasteiger partial charge in [0.05, 0.1) is 244 Å². The van der Waals surface area contributed by atoms with Gasteiger partial charge in [0.2, 0.25) is 9.05 Å². The Kier molecular flexibility index (Phi) is 68.8. The van der Waals surface area contributed by atoms with Crippen molar-refractivity contribution >= 4 is 19.7 Å². The fourth-order valence-electron chi connectivity index (χ4n) is 5.18. The Balaban J connectivity index is -0.00000360. The van der Waals surface area contributed by atoms with Crippen LogP contribution in [0.4, 0.5) is 0 Å². The third-order valence-electron chi connectivity index (χ3n) is 8.69. The molecule has 0 aromatic rings. The molecule has 0 amide bonds. The number of aliphatic hydroxyl groups excluding tert-OH is 5. The highest BCUT2D eigenvalue weighted by molar-refractivity contribution is 8.13. The second-order valence-electron chi connectivity index (χ2n) is 14.7. The maximum absolute atomic E-state index is 9.40. The first-order chi connectivity index (χ1) is 35.6. The van der Waals surface area contributed by atoms with Crippen LogP contribution in [0.5, 0.6) is 0 Å². The summed E-state index contributed by atoms with van der Waals surface area (Å²) in [6, 6.07) is 0. The van der Waals surface area contributed by atoms with Gasteiger partial charge in [-0.05, 0) is 19.6 Å². The van der Waals surface area contributed by atoms with E-state index in [4.69, 9.17) is 106 Å². The molecule has 0 saturated heterocycles. The molecule has 0 spiro atoms. The number of hydrogen-bond acceptors (Lipinski definition) is 25. The summed E-state index contributed by atoms with van der Waals surface area (Å²) in [6.45, 7) is 19.2. The molecular weight excluding hydrogens is 1020 g/mol. The van der Waals surface area contributed by atoms with Gasteiger partial charge in [-0.25, -0.2) is 8.42 Å². The molecule has 0 radical (unpaired) electrons. The molecule has 444 valence electrons. The van der Waals surface area contributed by atoms with E-state index >= 15 is 0 Å². The zero-order valence-corrected chi connectivity index (χ0v) is 46.1. The molecule has 0 fully saturated rings. The van der Waals surface area contributed by atoms with Crippen LogP contribution in [-0.4, -0.2) is 321 Å². The van der Waals surface area contributed by atoms with Gasteiger partial charge in [0, 0.05) is 10.7 Å². The number of aliphatic hydroxyl groups is 5. The molecule has 0 aromatic carbocycles. The monoisotopic (exact) mass is 1120 g/mol. The van der Waals surface area contributed by atoms with E-state index in [1.165, 1.54) is 19.6 Å². The van der Waals surface area contributed by atoms with Crippen molar-refractivity contribution in [2.75, 3.05) is 264 Å². The summed E-state index contributed by atoms with van der Waals surface area (Å²) in [7, 11) is 1.31. The molecule has 0 aliphatic carbocycles. The molecule has 0 aromatic heterocycles. The van der Waals surface area contributed by atoms with Gasteiger partial charge in [-0.2, -0.15) is 0 Å². The maximum Gasteiger partial charge on any atom is 0.229 e. The first kappa shape index (κ1) is 76.6. The molecule has 0 rings (SSSR count). The molecule has 25 nitrogen and oxygen atoms in total. The van der Waals surface area contributed by atoms with Crippen molar-refractivity contribution in [1.82, 2.24) is 4.90 Å². The second kappa shape index (κ2) is 65.6. The van der Waals surface area contributed by atoms with Gasteiger partial charge >= 0.3 is 0 Å². The summed E-state index contributed by atoms with van der Waals surface area (Å²) in [5.74, 6) is 0. The fourth-order valence-corrected chi connectivity index (χ4v) is 5.18. The zero-order valence-electron chi connectivity index (χ0n) is 44.5. The lowest BCUT2D eigenvalue weighted by Crippen LogP contribution is -2.34. The smallest absolute Gasteiger partial charge is 0.229 e. The Morgan fingerprint density at radius 1 is 0.315 bits per heavy atom. The largest absolute Gasteiger partial charge is 0.394 e. The molecule has 2 atom stereocenters. The molecule has 0 bridgehead atoms. The van der Waals surface area contributed by atoms with Crippen molar-refractivity contribution in [2.24, 2.45) is 0 Å². The van der Waals surface area contributed by atoms with Gasteiger partial charge in [-0.1, -0.05) is 20.8 Å². The van der Waals surface area contributed by atoms with E-state index in [-0.39, 0.29) is 126 Å². The van der Waals surface area contributed by atoms with Gasteiger partial charge in [-0.15, -0.1) is 0 Å². The minimum Gasteiger partial charge on any atom is -0.394 e. The van der Waals surface area contributed by atoms with E-state index in [2.05, 4.69) is 36.4 Å². The minimum absolute atomic E-state index is 0.0403. The predicted octanol–water partition coefficient (Wildman–Crippen LogP) is -1.13. The third kappa shape index (κ3) is 71.3. The molecule has 2 unspecified atom stereocenters. The molecule has 73 heavy (non-hydrogen) atoms. The first-order valence-electron chi connectivity index (χ1n) is 25.2. The number of ether oxygens (including phenoxy) is 17. The van der Waals surface area contributed by atoms with Crippen LogP contribution in [0.3, 0.4) is 0 Å². The highest BCUT2D eigenvalue weighted by atomic mass is 35.7. The number of hydrogen-bond donors (Lipinski definition) is 5. The van der Waals surface area contributed by atoms with E-state index in [0.717, 1.165) is 6.26 Å². The Hall–Kier alpha value is -0.680. The summed E-state index contributed by atoms with van der Waals surface area (Å²) in [4.78, 5) is 2.38. The van der Waals surface area contributed by atoms with Gasteiger partial charge in [-0.3, -0.25) is 0 Å². The van der Waals surface area contributed by atoms with Crippen LogP contribution in [0.15, 0.2) is 0 Å². The van der Waals surface area contributed by atoms with E-state index in [0.29, 0.717) is 112 Å². The zero-order chi connectivity index (χ0) is 54.4. The SMILES string of the molecule is CCN(CC)CC.CS(=O)(=O)Cl.OCCOCCOCCOCC(COCC(COCC(COCCOCCOCCO)OCCOCCOCCO)OCCOCCOCCO)OCCOCCOCCO. The lowest BCUT2D eigenvalue weighted by molar-refractivity contribution is -0.121. The lowest BCUT2D eigenvalue weighted by Gasteiger charge is -2.23. The normalized spacial score (nSPS) is 12.9. The second-order valence-corrected chi connectivity index (χ2v) is 17.8. The van der Waals surface area contributed by atoms with Crippen molar-refractivity contribution in [1.29, 1.82) is 0 Å². The van der Waals surface area contributed by atoms with Crippen LogP contribution in [0.2, 0.25) is 0 Å². The fraction of sp³-hybridized carbons (Fsp3) is 1.00. The number of halogens is 1. The minimum atomic E-state index is -3.19. The summed E-state index contributed by atoms with van der Waals surface area (Å²) in [5.41, 5.74) is 0. The van der Waals surface area contributed by atoms with Crippen LogP contribution in [0, 0.1) is 0 Å². The standard InChI is InChI=1S/C39H80O22.C6H15N.CH3ClO2S/c40-1-6-45-11-16-50-21-23-55-31-37(59-28-25-52-18-13-47-8-3-42)33-57-35-39(61-30-27-54-20-15-49-10-5-44)36-58-34-38(60-29-26-53-19-14-48-9-4-43)32-56-24-22-51-17-12-46-7-2-41;1-4-7(5-2)6-3;1-5(2,3)4/h37-44H,1-36H2;4-6H2,1-3H3;1H3. The van der Waals surface area contributed by atoms with E-state index in [9.17, 15) is 8.42 Å². The lowest BCUT2D eigenvalue weighted by atomic mass is 10.3. The van der Waals surface area contributed by atoms with E-state index in [1.54, 1.807) is 0 Å². The molecule has 0 heterocycles. The van der Waals surface area contributed by atoms with Crippen LogP contribution in [0.25, 0.3) is 0 Å². The van der Waals surface area contributed by atoms with E-state index < -0.39 is 27.4 Å². The molecule has 0 aliphatic rings. The first-order valence-corrected chi connectivity index (χ1v) is 27.9. The van der Waals surface area contributed by atoms with Gasteiger partial charge in [0.1, 0.15) is 18.3 Å². The highest BCUT2D eigenvalue weighted by Gasteiger charge is 2.17. The van der Waals surface area contributed by atoms with E-state index in [1.807, 2.05) is 0 Å². The van der Waals surface area contributed by atoms with Crippen LogP contribution in [0.1, 0.15) is 20.8 Å². The maximum atomic E-state index is 9.40. The summed E-state index contributed by atoms with van der Waals surface area (Å²) in [6.07, 6.45) is -0.415. The average Bonchev–Trinajstić information content (AvgIpc) is 3.37. The highest BCUT2D eigenvalue weighted by Crippen LogP contribution is 2.04. The van der Waals surface area contributed by atoms with Gasteiger partial charge < -0.3 is 111 Å². The third-order valence-corrected chi connectivity index (χ3v) is 8.69. The summed E-state index contributed by atoms with van der Waals surface area (Å²) >= 11 is 0. The number of nitrogens with zero attached hydrogens (tertiary/aromatic N) is 1. The van der Waals surface area contributed by atoms with Crippen molar-refractivity contribution in [3.05, 3.63) is 0 Å². The van der Waals surface area contributed by atoms with Crippen LogP contribution >= 0.6 is 10.7 Å². The Bertz CT molecular complexity index is 1050. The van der Waals surface area contributed by atoms with Crippen LogP contribution < -0.4 is 0 Å². The summed E-state index contributed by atoms with van der Waals surface area (Å²) < 4.78 is 114. The molecular formula is C46H98ClNO24S. The molecule has 0 aliphatic heterocycles. The van der Waals surface area contributed by atoms with Crippen molar-refractivity contribution in [3.8, 4) is 0 Å². The van der Waals surface area contributed by atoms with Crippen molar-refractivity contribution in [2.45, 2.75) is 39.1 Å². The van der Waals surface area contributed by atoms with Crippen LogP contribution in [-0.2, 0) is 89.6 Å². The Morgan fingerprint density at radius 2 is 0.479 bits per heavy atom. The topological polar surface area (TPSA) is 295 Å². The quantitative estimate of drug-likeness (QED) is 0.0356.